The van der Waals surface area contributed by atoms with Gasteiger partial charge in [0.15, 0.2) is 0 Å². The van der Waals surface area contributed by atoms with Gasteiger partial charge in [-0.2, -0.15) is 0 Å². The standard InChI is InChI=1S/C11H18N2O/c1-11(2,14)10-12-8-6-4-5-7-9(8)13(10)3/h14H,4-7H2,1-3H3. The van der Waals surface area contributed by atoms with Gasteiger partial charge in [0.1, 0.15) is 11.4 Å². The van der Waals surface area contributed by atoms with Crippen LogP contribution in [0, 0.1) is 0 Å². The molecule has 0 aromatic carbocycles. The van der Waals surface area contributed by atoms with Crippen LogP contribution in [0.4, 0.5) is 0 Å². The summed E-state index contributed by atoms with van der Waals surface area (Å²) in [6, 6.07) is 0. The lowest BCUT2D eigenvalue weighted by Crippen LogP contribution is -2.21. The van der Waals surface area contributed by atoms with E-state index >= 15 is 0 Å². The second-order valence-corrected chi connectivity index (χ2v) is 4.65. The fourth-order valence-electron chi connectivity index (χ4n) is 2.23. The largest absolute Gasteiger partial charge is 0.383 e. The lowest BCUT2D eigenvalue weighted by Gasteiger charge is -2.17. The number of aryl methyl sites for hydroxylation is 1. The van der Waals surface area contributed by atoms with E-state index in [1.807, 2.05) is 7.05 Å². The molecule has 0 bridgehead atoms. The molecular formula is C11H18N2O. The van der Waals surface area contributed by atoms with Crippen LogP contribution in [-0.2, 0) is 25.5 Å². The second kappa shape index (κ2) is 3.09. The van der Waals surface area contributed by atoms with Crippen molar-refractivity contribution in [2.24, 2.45) is 7.05 Å². The Balaban J connectivity index is 2.49. The molecule has 2 rings (SSSR count). The van der Waals surface area contributed by atoms with E-state index in [0.29, 0.717) is 0 Å². The Morgan fingerprint density at radius 1 is 1.29 bits per heavy atom. The first-order chi connectivity index (χ1) is 6.50. The highest BCUT2D eigenvalue weighted by atomic mass is 16.3. The Morgan fingerprint density at radius 2 is 1.93 bits per heavy atom. The Morgan fingerprint density at radius 3 is 2.50 bits per heavy atom. The summed E-state index contributed by atoms with van der Waals surface area (Å²) in [5, 5.41) is 9.94. The zero-order chi connectivity index (χ0) is 10.3. The average molecular weight is 194 g/mol. The Labute approximate surface area is 84.8 Å². The molecule has 0 radical (unpaired) electrons. The third-order valence-corrected chi connectivity index (χ3v) is 2.92. The molecule has 78 valence electrons. The maximum Gasteiger partial charge on any atom is 0.140 e. The monoisotopic (exact) mass is 194 g/mol. The minimum atomic E-state index is -0.827. The van der Waals surface area contributed by atoms with Gasteiger partial charge in [-0.15, -0.1) is 0 Å². The van der Waals surface area contributed by atoms with E-state index in [-0.39, 0.29) is 0 Å². The van der Waals surface area contributed by atoms with Crippen molar-refractivity contribution < 1.29 is 5.11 Å². The molecule has 1 N–H and O–H groups in total. The molecule has 0 unspecified atom stereocenters. The van der Waals surface area contributed by atoms with Crippen LogP contribution in [0.2, 0.25) is 0 Å². The van der Waals surface area contributed by atoms with Crippen molar-refractivity contribution in [3.8, 4) is 0 Å². The van der Waals surface area contributed by atoms with Crippen LogP contribution in [0.25, 0.3) is 0 Å². The summed E-state index contributed by atoms with van der Waals surface area (Å²) in [5.41, 5.74) is 1.68. The van der Waals surface area contributed by atoms with Crippen molar-refractivity contribution in [1.82, 2.24) is 9.55 Å². The normalized spacial score (nSPS) is 16.9. The zero-order valence-corrected chi connectivity index (χ0v) is 9.17. The molecule has 14 heavy (non-hydrogen) atoms. The second-order valence-electron chi connectivity index (χ2n) is 4.65. The summed E-state index contributed by atoms with van der Waals surface area (Å²) in [6.45, 7) is 3.58. The number of hydrogen-bond donors (Lipinski definition) is 1. The number of hydrogen-bond acceptors (Lipinski definition) is 2. The summed E-state index contributed by atoms with van der Waals surface area (Å²) >= 11 is 0. The SMILES string of the molecule is Cn1c(C(C)(C)O)nc2c1CCCC2. The first-order valence-electron chi connectivity index (χ1n) is 5.27. The molecule has 0 fully saturated rings. The third kappa shape index (κ3) is 1.46. The van der Waals surface area contributed by atoms with Gasteiger partial charge in [-0.1, -0.05) is 0 Å². The van der Waals surface area contributed by atoms with Gasteiger partial charge in [-0.05, 0) is 39.5 Å². The number of aromatic nitrogens is 2. The third-order valence-electron chi connectivity index (χ3n) is 2.92. The van der Waals surface area contributed by atoms with E-state index in [9.17, 15) is 5.11 Å². The van der Waals surface area contributed by atoms with Crippen molar-refractivity contribution >= 4 is 0 Å². The minimum absolute atomic E-state index is 0.796. The summed E-state index contributed by atoms with van der Waals surface area (Å²) < 4.78 is 2.06. The van der Waals surface area contributed by atoms with Crippen LogP contribution in [0.1, 0.15) is 43.9 Å². The Bertz CT molecular complexity index is 347. The molecular weight excluding hydrogens is 176 g/mol. The Kier molecular flexibility index (Phi) is 2.14. The van der Waals surface area contributed by atoms with Crippen LogP contribution in [0.3, 0.4) is 0 Å². The lowest BCUT2D eigenvalue weighted by atomic mass is 10.0. The maximum absolute atomic E-state index is 9.94. The number of imidazole rings is 1. The predicted molar refractivity (Wildman–Crippen MR) is 55.1 cm³/mol. The molecule has 0 saturated carbocycles. The topological polar surface area (TPSA) is 38.0 Å². The van der Waals surface area contributed by atoms with Gasteiger partial charge in [0.2, 0.25) is 0 Å². The van der Waals surface area contributed by atoms with Crippen molar-refractivity contribution in [1.29, 1.82) is 0 Å². The summed E-state index contributed by atoms with van der Waals surface area (Å²) in [7, 11) is 2.00. The van der Waals surface area contributed by atoms with Gasteiger partial charge < -0.3 is 9.67 Å². The van der Waals surface area contributed by atoms with Crippen LogP contribution >= 0.6 is 0 Å². The number of aliphatic hydroxyl groups is 1. The smallest absolute Gasteiger partial charge is 0.140 e. The molecule has 0 aliphatic heterocycles. The highest BCUT2D eigenvalue weighted by molar-refractivity contribution is 5.22. The first-order valence-corrected chi connectivity index (χ1v) is 5.27. The molecule has 3 heteroatoms. The number of nitrogens with zero attached hydrogens (tertiary/aromatic N) is 2. The van der Waals surface area contributed by atoms with E-state index in [0.717, 1.165) is 18.7 Å². The van der Waals surface area contributed by atoms with Gasteiger partial charge in [-0.25, -0.2) is 4.98 Å². The van der Waals surface area contributed by atoms with Gasteiger partial charge in [-0.3, -0.25) is 0 Å². The fraction of sp³-hybridized carbons (Fsp3) is 0.727. The molecule has 0 saturated heterocycles. The quantitative estimate of drug-likeness (QED) is 0.736. The van der Waals surface area contributed by atoms with E-state index in [1.54, 1.807) is 13.8 Å². The van der Waals surface area contributed by atoms with Crippen LogP contribution in [-0.4, -0.2) is 14.7 Å². The van der Waals surface area contributed by atoms with E-state index in [1.165, 1.54) is 24.2 Å². The van der Waals surface area contributed by atoms with Gasteiger partial charge >= 0.3 is 0 Å². The van der Waals surface area contributed by atoms with Gasteiger partial charge in [0, 0.05) is 12.7 Å². The summed E-state index contributed by atoms with van der Waals surface area (Å²) in [5.74, 6) is 0.796. The molecule has 0 amide bonds. The van der Waals surface area contributed by atoms with E-state index in [4.69, 9.17) is 0 Å². The van der Waals surface area contributed by atoms with Crippen molar-refractivity contribution in [2.75, 3.05) is 0 Å². The summed E-state index contributed by atoms with van der Waals surface area (Å²) in [4.78, 5) is 4.53. The Hall–Kier alpha value is -0.830. The fourth-order valence-corrected chi connectivity index (χ4v) is 2.23. The van der Waals surface area contributed by atoms with Crippen LogP contribution in [0.15, 0.2) is 0 Å². The minimum Gasteiger partial charge on any atom is -0.383 e. The number of rotatable bonds is 1. The predicted octanol–water partition coefficient (Wildman–Crippen LogP) is 1.53. The van der Waals surface area contributed by atoms with Crippen molar-refractivity contribution in [3.05, 3.63) is 17.2 Å². The molecule has 1 aliphatic rings. The van der Waals surface area contributed by atoms with Crippen LogP contribution < -0.4 is 0 Å². The van der Waals surface area contributed by atoms with E-state index in [2.05, 4.69) is 9.55 Å². The van der Waals surface area contributed by atoms with Crippen molar-refractivity contribution in [3.63, 3.8) is 0 Å². The highest BCUT2D eigenvalue weighted by Crippen LogP contribution is 2.26. The maximum atomic E-state index is 9.94. The van der Waals surface area contributed by atoms with E-state index < -0.39 is 5.60 Å². The average Bonchev–Trinajstić information content (AvgIpc) is 2.44. The molecule has 0 atom stereocenters. The van der Waals surface area contributed by atoms with Crippen molar-refractivity contribution in [2.45, 2.75) is 45.1 Å². The first kappa shape index (κ1) is 9.71. The highest BCUT2D eigenvalue weighted by Gasteiger charge is 2.26. The number of fused-ring (bicyclic) bond motifs is 1. The molecule has 3 nitrogen and oxygen atoms in total. The lowest BCUT2D eigenvalue weighted by molar-refractivity contribution is 0.0655. The molecule has 0 spiro atoms. The van der Waals surface area contributed by atoms with Gasteiger partial charge in [0.25, 0.3) is 0 Å². The molecule has 1 heterocycles. The summed E-state index contributed by atoms with van der Waals surface area (Å²) in [6.07, 6.45) is 4.65. The molecule has 1 aromatic rings. The zero-order valence-electron chi connectivity index (χ0n) is 9.17. The van der Waals surface area contributed by atoms with Gasteiger partial charge in [0.05, 0.1) is 5.69 Å². The molecule has 1 aliphatic carbocycles. The van der Waals surface area contributed by atoms with Crippen LogP contribution in [0.5, 0.6) is 0 Å². The molecule has 1 aromatic heterocycles.